The van der Waals surface area contributed by atoms with Crippen LogP contribution in [0.25, 0.3) is 0 Å². The molecule has 1 atom stereocenters. The van der Waals surface area contributed by atoms with Crippen molar-refractivity contribution < 1.29 is 5.11 Å². The number of anilines is 1. The molecule has 2 N–H and O–H groups in total. The zero-order valence-electron chi connectivity index (χ0n) is 10.2. The molecular weight excluding hydrogens is 290 g/mol. The van der Waals surface area contributed by atoms with E-state index >= 15 is 0 Å². The lowest BCUT2D eigenvalue weighted by atomic mass is 10.1. The third-order valence-electron chi connectivity index (χ3n) is 2.81. The Balaban J connectivity index is 1.93. The molecule has 0 aliphatic rings. The lowest BCUT2D eigenvalue weighted by Crippen LogP contribution is -2.11. The first-order chi connectivity index (χ1) is 8.65. The average molecular weight is 306 g/mol. The third kappa shape index (κ3) is 3.59. The monoisotopic (exact) mass is 305 g/mol. The molecule has 2 aromatic rings. The van der Waals surface area contributed by atoms with Gasteiger partial charge in [-0.25, -0.2) is 0 Å². The molecule has 0 amide bonds. The van der Waals surface area contributed by atoms with E-state index in [1.165, 1.54) is 5.56 Å². The zero-order chi connectivity index (χ0) is 13.0. The molecule has 0 fully saturated rings. The van der Waals surface area contributed by atoms with Crippen LogP contribution in [0, 0.1) is 6.92 Å². The van der Waals surface area contributed by atoms with Crippen LogP contribution in [0.2, 0.25) is 0 Å². The fraction of sp³-hybridized carbons (Fsp3) is 0.200. The number of hydrogen-bond donors (Lipinski definition) is 2. The summed E-state index contributed by atoms with van der Waals surface area (Å²) in [5, 5.41) is 13.3. The minimum Gasteiger partial charge on any atom is -0.387 e. The number of hydrogen-bond acceptors (Lipinski definition) is 2. The van der Waals surface area contributed by atoms with Crippen LogP contribution in [-0.4, -0.2) is 11.7 Å². The van der Waals surface area contributed by atoms with Gasteiger partial charge in [0, 0.05) is 16.7 Å². The average Bonchev–Trinajstić information content (AvgIpc) is 2.38. The van der Waals surface area contributed by atoms with E-state index in [0.29, 0.717) is 6.54 Å². The number of nitrogens with one attached hydrogen (secondary N) is 1. The zero-order valence-corrected chi connectivity index (χ0v) is 11.8. The van der Waals surface area contributed by atoms with Gasteiger partial charge in [-0.3, -0.25) is 0 Å². The van der Waals surface area contributed by atoms with Crippen LogP contribution in [-0.2, 0) is 0 Å². The van der Waals surface area contributed by atoms with Gasteiger partial charge in [-0.15, -0.1) is 0 Å². The summed E-state index contributed by atoms with van der Waals surface area (Å²) in [7, 11) is 0. The van der Waals surface area contributed by atoms with Crippen LogP contribution >= 0.6 is 15.9 Å². The van der Waals surface area contributed by atoms with Gasteiger partial charge in [-0.2, -0.15) is 0 Å². The molecule has 0 aromatic heterocycles. The van der Waals surface area contributed by atoms with Gasteiger partial charge in [0.25, 0.3) is 0 Å². The number of rotatable bonds is 4. The fourth-order valence-electron chi connectivity index (χ4n) is 1.69. The molecule has 0 saturated carbocycles. The van der Waals surface area contributed by atoms with Crippen LogP contribution < -0.4 is 5.32 Å². The first-order valence-electron chi connectivity index (χ1n) is 5.89. The minimum atomic E-state index is -0.501. The van der Waals surface area contributed by atoms with Crippen molar-refractivity contribution in [3.8, 4) is 0 Å². The number of aliphatic hydroxyl groups is 1. The second kappa shape index (κ2) is 6.03. The van der Waals surface area contributed by atoms with Gasteiger partial charge >= 0.3 is 0 Å². The second-order valence-corrected chi connectivity index (χ2v) is 5.23. The molecule has 0 aliphatic heterocycles. The van der Waals surface area contributed by atoms with Gasteiger partial charge in [0.2, 0.25) is 0 Å². The highest BCUT2D eigenvalue weighted by Gasteiger charge is 2.06. The van der Waals surface area contributed by atoms with Crippen molar-refractivity contribution in [1.29, 1.82) is 0 Å². The Labute approximate surface area is 116 Å². The van der Waals surface area contributed by atoms with E-state index in [4.69, 9.17) is 0 Å². The van der Waals surface area contributed by atoms with Crippen LogP contribution in [0.4, 0.5) is 5.69 Å². The molecule has 0 spiro atoms. The Bertz CT molecular complexity index is 493. The van der Waals surface area contributed by atoms with E-state index in [1.54, 1.807) is 0 Å². The summed E-state index contributed by atoms with van der Waals surface area (Å²) >= 11 is 3.38. The quantitative estimate of drug-likeness (QED) is 0.898. The standard InChI is InChI=1S/C15H16BrNO/c1-11-2-8-14(9-3-11)17-10-15(18)12-4-6-13(16)7-5-12/h2-9,15,17-18H,10H2,1H3. The third-order valence-corrected chi connectivity index (χ3v) is 3.33. The Kier molecular flexibility index (Phi) is 4.39. The van der Waals surface area contributed by atoms with Crippen molar-refractivity contribution in [3.63, 3.8) is 0 Å². The smallest absolute Gasteiger partial charge is 0.0962 e. The molecule has 18 heavy (non-hydrogen) atoms. The highest BCUT2D eigenvalue weighted by atomic mass is 79.9. The van der Waals surface area contributed by atoms with Crippen molar-refractivity contribution in [2.45, 2.75) is 13.0 Å². The fourth-order valence-corrected chi connectivity index (χ4v) is 1.95. The summed E-state index contributed by atoms with van der Waals surface area (Å²) in [6.07, 6.45) is -0.501. The summed E-state index contributed by atoms with van der Waals surface area (Å²) in [5.41, 5.74) is 3.17. The number of aryl methyl sites for hydroxylation is 1. The SMILES string of the molecule is Cc1ccc(NCC(O)c2ccc(Br)cc2)cc1. The van der Waals surface area contributed by atoms with E-state index in [1.807, 2.05) is 48.5 Å². The molecule has 94 valence electrons. The van der Waals surface area contributed by atoms with Gasteiger partial charge in [0.15, 0.2) is 0 Å². The highest BCUT2D eigenvalue weighted by molar-refractivity contribution is 9.10. The van der Waals surface area contributed by atoms with E-state index < -0.39 is 6.10 Å². The van der Waals surface area contributed by atoms with Gasteiger partial charge in [0.1, 0.15) is 0 Å². The Hall–Kier alpha value is -1.32. The van der Waals surface area contributed by atoms with Gasteiger partial charge in [0.05, 0.1) is 6.10 Å². The summed E-state index contributed by atoms with van der Waals surface area (Å²) in [4.78, 5) is 0. The van der Waals surface area contributed by atoms with Crippen LogP contribution in [0.15, 0.2) is 53.0 Å². The van der Waals surface area contributed by atoms with Crippen molar-refractivity contribution in [2.24, 2.45) is 0 Å². The molecule has 0 heterocycles. The predicted octanol–water partition coefficient (Wildman–Crippen LogP) is 3.90. The van der Waals surface area contributed by atoms with Gasteiger partial charge in [-0.05, 0) is 36.8 Å². The summed E-state index contributed by atoms with van der Waals surface area (Å²) < 4.78 is 1.02. The van der Waals surface area contributed by atoms with Crippen molar-refractivity contribution in [1.82, 2.24) is 0 Å². The maximum Gasteiger partial charge on any atom is 0.0962 e. The summed E-state index contributed by atoms with van der Waals surface area (Å²) in [6.45, 7) is 2.56. The van der Waals surface area contributed by atoms with Crippen molar-refractivity contribution in [2.75, 3.05) is 11.9 Å². The predicted molar refractivity (Wildman–Crippen MR) is 78.8 cm³/mol. The molecule has 0 saturated heterocycles. The van der Waals surface area contributed by atoms with Crippen molar-refractivity contribution >= 4 is 21.6 Å². The van der Waals surface area contributed by atoms with E-state index in [-0.39, 0.29) is 0 Å². The number of aliphatic hydroxyl groups excluding tert-OH is 1. The molecule has 1 unspecified atom stereocenters. The molecule has 2 nitrogen and oxygen atoms in total. The lowest BCUT2D eigenvalue weighted by molar-refractivity contribution is 0.191. The topological polar surface area (TPSA) is 32.3 Å². The second-order valence-electron chi connectivity index (χ2n) is 4.31. The molecule has 0 radical (unpaired) electrons. The van der Waals surface area contributed by atoms with E-state index in [2.05, 4.69) is 28.2 Å². The highest BCUT2D eigenvalue weighted by Crippen LogP contribution is 2.18. The van der Waals surface area contributed by atoms with Crippen LogP contribution in [0.1, 0.15) is 17.2 Å². The number of benzene rings is 2. The van der Waals surface area contributed by atoms with E-state index in [0.717, 1.165) is 15.7 Å². The lowest BCUT2D eigenvalue weighted by Gasteiger charge is -2.13. The van der Waals surface area contributed by atoms with E-state index in [9.17, 15) is 5.11 Å². The molecular formula is C15H16BrNO. The maximum absolute atomic E-state index is 10.0. The van der Waals surface area contributed by atoms with Crippen molar-refractivity contribution in [3.05, 3.63) is 64.1 Å². The first-order valence-corrected chi connectivity index (χ1v) is 6.68. The largest absolute Gasteiger partial charge is 0.387 e. The molecule has 3 heteroatoms. The normalized spacial score (nSPS) is 12.2. The molecule has 2 rings (SSSR count). The van der Waals surface area contributed by atoms with Crippen LogP contribution in [0.3, 0.4) is 0 Å². The first kappa shape index (κ1) is 13.1. The minimum absolute atomic E-state index is 0.501. The maximum atomic E-state index is 10.0. The Morgan fingerprint density at radius 1 is 1.06 bits per heavy atom. The molecule has 0 aliphatic carbocycles. The number of halogens is 1. The molecule has 0 bridgehead atoms. The molecule has 2 aromatic carbocycles. The summed E-state index contributed by atoms with van der Waals surface area (Å²) in [5.74, 6) is 0. The summed E-state index contributed by atoms with van der Waals surface area (Å²) in [6, 6.07) is 15.8. The van der Waals surface area contributed by atoms with Crippen LogP contribution in [0.5, 0.6) is 0 Å². The van der Waals surface area contributed by atoms with Gasteiger partial charge in [-0.1, -0.05) is 45.8 Å². The Morgan fingerprint density at radius 2 is 1.67 bits per heavy atom. The van der Waals surface area contributed by atoms with Gasteiger partial charge < -0.3 is 10.4 Å². The Morgan fingerprint density at radius 3 is 2.28 bits per heavy atom.